The van der Waals surface area contributed by atoms with Gasteiger partial charge in [-0.2, -0.15) is 0 Å². The summed E-state index contributed by atoms with van der Waals surface area (Å²) in [6.45, 7) is 0. The molecule has 2 heterocycles. The Balaban J connectivity index is 0.858. The smallest absolute Gasteiger partial charge is 0.0788 e. The van der Waals surface area contributed by atoms with Crippen LogP contribution in [0.25, 0.3) is 77.5 Å². The lowest BCUT2D eigenvalue weighted by Crippen LogP contribution is -2.26. The quantitative estimate of drug-likeness (QED) is 0.163. The van der Waals surface area contributed by atoms with Crippen molar-refractivity contribution in [3.05, 3.63) is 271 Å². The molecule has 0 saturated carbocycles. The minimum atomic E-state index is -0.410. The van der Waals surface area contributed by atoms with E-state index < -0.39 is 5.41 Å². The second kappa shape index (κ2) is 14.2. The first-order valence-electron chi connectivity index (χ1n) is 22.8. The Kier molecular flexibility index (Phi) is 7.90. The Bertz CT molecular complexity index is 3790. The molecule has 10 aromatic carbocycles. The number of hydrogen-bond donors (Lipinski definition) is 0. The first kappa shape index (κ1) is 36.8. The van der Waals surface area contributed by atoms with E-state index in [2.05, 4.69) is 263 Å². The van der Waals surface area contributed by atoms with Crippen LogP contribution >= 0.6 is 0 Å². The van der Waals surface area contributed by atoms with Gasteiger partial charge in [-0.05, 0) is 128 Å². The second-order valence-electron chi connectivity index (χ2n) is 17.7. The molecular weight excluding hydrogens is 799 g/mol. The van der Waals surface area contributed by atoms with E-state index in [1.807, 2.05) is 0 Å². The molecule has 2 aliphatic carbocycles. The van der Waals surface area contributed by atoms with Crippen molar-refractivity contribution in [2.45, 2.75) is 5.41 Å². The molecule has 0 aliphatic heterocycles. The summed E-state index contributed by atoms with van der Waals surface area (Å²) in [6.07, 6.45) is 2.21. The Morgan fingerprint density at radius 3 is 1.53 bits per heavy atom. The maximum Gasteiger partial charge on any atom is 0.0788 e. The van der Waals surface area contributed by atoms with Gasteiger partial charge in [0, 0.05) is 50.8 Å². The fraction of sp³-hybridized carbons (Fsp3) is 0.0159. The van der Waals surface area contributed by atoms with Gasteiger partial charge in [-0.25, -0.2) is 0 Å². The first-order valence-corrected chi connectivity index (χ1v) is 22.8. The number of aromatic nitrogens is 2. The highest BCUT2D eigenvalue weighted by molar-refractivity contribution is 6.18. The maximum absolute atomic E-state index is 2.46. The van der Waals surface area contributed by atoms with Crippen molar-refractivity contribution in [2.75, 3.05) is 4.90 Å². The molecule has 0 N–H and O–H groups in total. The monoisotopic (exact) mass is 839 g/mol. The highest BCUT2D eigenvalue weighted by atomic mass is 15.1. The SMILES string of the molecule is c1ccc(N(c2ccc(-c3ccc(-n4ccc5ccc6c7ccccc7n(-c7ccccc7)c6c54)cc3)cc2)c2ccc3c(c2)C2(c4ccccc4-c4ccccc42)c2ccccc2-3)cc1. The molecule has 0 unspecified atom stereocenters. The van der Waals surface area contributed by atoms with Crippen molar-refractivity contribution in [1.29, 1.82) is 0 Å². The maximum atomic E-state index is 2.46. The third kappa shape index (κ3) is 5.14. The average molecular weight is 840 g/mol. The van der Waals surface area contributed by atoms with E-state index in [9.17, 15) is 0 Å². The largest absolute Gasteiger partial charge is 0.315 e. The number of para-hydroxylation sites is 3. The molecule has 14 rings (SSSR count). The first-order chi connectivity index (χ1) is 32.8. The third-order valence-electron chi connectivity index (χ3n) is 14.4. The molecule has 3 nitrogen and oxygen atoms in total. The van der Waals surface area contributed by atoms with E-state index in [4.69, 9.17) is 0 Å². The summed E-state index contributed by atoms with van der Waals surface area (Å²) >= 11 is 0. The van der Waals surface area contributed by atoms with Gasteiger partial charge in [-0.15, -0.1) is 0 Å². The van der Waals surface area contributed by atoms with Crippen LogP contribution in [0, 0.1) is 0 Å². The molecule has 308 valence electrons. The van der Waals surface area contributed by atoms with E-state index in [1.165, 1.54) is 88.3 Å². The molecule has 0 bridgehead atoms. The van der Waals surface area contributed by atoms with Gasteiger partial charge in [0.05, 0.1) is 22.0 Å². The number of fused-ring (bicyclic) bond motifs is 15. The lowest BCUT2D eigenvalue weighted by molar-refractivity contribution is 0.793. The van der Waals surface area contributed by atoms with Crippen LogP contribution in [-0.2, 0) is 5.41 Å². The minimum absolute atomic E-state index is 0.410. The predicted octanol–water partition coefficient (Wildman–Crippen LogP) is 16.2. The normalized spacial score (nSPS) is 13.0. The van der Waals surface area contributed by atoms with Crippen LogP contribution in [0.4, 0.5) is 17.1 Å². The predicted molar refractivity (Wildman–Crippen MR) is 274 cm³/mol. The number of anilines is 3. The summed E-state index contributed by atoms with van der Waals surface area (Å²) in [4.78, 5) is 2.41. The van der Waals surface area contributed by atoms with Crippen LogP contribution in [0.5, 0.6) is 0 Å². The molecule has 0 saturated heterocycles. The Morgan fingerprint density at radius 2 is 0.864 bits per heavy atom. The molecule has 2 aliphatic rings. The van der Waals surface area contributed by atoms with Gasteiger partial charge in [0.1, 0.15) is 0 Å². The highest BCUT2D eigenvalue weighted by Gasteiger charge is 2.51. The molecule has 66 heavy (non-hydrogen) atoms. The van der Waals surface area contributed by atoms with Crippen LogP contribution in [0.3, 0.4) is 0 Å². The molecule has 2 aromatic heterocycles. The summed E-state index contributed by atoms with van der Waals surface area (Å²) in [6, 6.07) is 89.3. The number of rotatable bonds is 6. The van der Waals surface area contributed by atoms with Gasteiger partial charge >= 0.3 is 0 Å². The summed E-state index contributed by atoms with van der Waals surface area (Å²) in [5, 5.41) is 3.72. The van der Waals surface area contributed by atoms with Crippen LogP contribution < -0.4 is 4.90 Å². The van der Waals surface area contributed by atoms with Gasteiger partial charge in [-0.1, -0.05) is 170 Å². The lowest BCUT2D eigenvalue weighted by Gasteiger charge is -2.32. The van der Waals surface area contributed by atoms with Crippen molar-refractivity contribution in [1.82, 2.24) is 9.13 Å². The van der Waals surface area contributed by atoms with Gasteiger partial charge in [0.25, 0.3) is 0 Å². The standard InChI is InChI=1S/C63H41N3/c1-3-15-46(16-4-1)65(49-36-38-53-52-21-9-13-25-58(52)63(59(53)41-49)56-23-11-7-19-50(56)51-20-8-12-24-57(51)63)48-34-29-43(30-35-48)42-27-32-45(33-28-42)64-40-39-44-31-37-55-54-22-10-14-26-60(54)66(62(55)61(44)64)47-17-5-2-6-18-47/h1-41H. The average Bonchev–Trinajstić information content (AvgIpc) is 4.13. The van der Waals surface area contributed by atoms with Crippen LogP contribution in [0.15, 0.2) is 249 Å². The van der Waals surface area contributed by atoms with Crippen molar-refractivity contribution >= 4 is 49.8 Å². The lowest BCUT2D eigenvalue weighted by atomic mass is 9.70. The van der Waals surface area contributed by atoms with Crippen molar-refractivity contribution in [3.8, 4) is 44.8 Å². The summed E-state index contributed by atoms with van der Waals surface area (Å²) in [5.74, 6) is 0. The van der Waals surface area contributed by atoms with E-state index in [0.29, 0.717) is 0 Å². The molecule has 3 heteroatoms. The summed E-state index contributed by atoms with van der Waals surface area (Å²) in [7, 11) is 0. The minimum Gasteiger partial charge on any atom is -0.315 e. The number of nitrogens with zero attached hydrogens (tertiary/aromatic N) is 3. The zero-order valence-electron chi connectivity index (χ0n) is 36.0. The van der Waals surface area contributed by atoms with Crippen molar-refractivity contribution < 1.29 is 0 Å². The number of benzene rings is 10. The molecular formula is C63H41N3. The van der Waals surface area contributed by atoms with Crippen LogP contribution in [0.2, 0.25) is 0 Å². The molecule has 0 amide bonds. The molecule has 0 atom stereocenters. The van der Waals surface area contributed by atoms with E-state index in [0.717, 1.165) is 28.4 Å². The van der Waals surface area contributed by atoms with Crippen molar-refractivity contribution in [2.24, 2.45) is 0 Å². The molecule has 0 radical (unpaired) electrons. The summed E-state index contributed by atoms with van der Waals surface area (Å²) in [5.41, 5.74) is 21.8. The molecule has 1 spiro atoms. The van der Waals surface area contributed by atoms with Crippen LogP contribution in [-0.4, -0.2) is 9.13 Å². The fourth-order valence-electron chi connectivity index (χ4n) is 11.6. The topological polar surface area (TPSA) is 13.1 Å². The van der Waals surface area contributed by atoms with E-state index in [1.54, 1.807) is 0 Å². The van der Waals surface area contributed by atoms with Gasteiger partial charge < -0.3 is 14.0 Å². The Hall–Kier alpha value is -8.66. The summed E-state index contributed by atoms with van der Waals surface area (Å²) < 4.78 is 4.77. The van der Waals surface area contributed by atoms with Crippen LogP contribution in [0.1, 0.15) is 22.3 Å². The third-order valence-corrected chi connectivity index (χ3v) is 14.4. The van der Waals surface area contributed by atoms with Gasteiger partial charge in [0.2, 0.25) is 0 Å². The second-order valence-corrected chi connectivity index (χ2v) is 17.7. The van der Waals surface area contributed by atoms with E-state index in [-0.39, 0.29) is 0 Å². The number of hydrogen-bond acceptors (Lipinski definition) is 1. The van der Waals surface area contributed by atoms with Crippen molar-refractivity contribution in [3.63, 3.8) is 0 Å². The van der Waals surface area contributed by atoms with Gasteiger partial charge in [0.15, 0.2) is 0 Å². The Morgan fingerprint density at radius 1 is 0.333 bits per heavy atom. The van der Waals surface area contributed by atoms with E-state index >= 15 is 0 Å². The highest BCUT2D eigenvalue weighted by Crippen LogP contribution is 2.63. The zero-order valence-corrected chi connectivity index (χ0v) is 36.0. The fourth-order valence-corrected chi connectivity index (χ4v) is 11.6. The zero-order chi connectivity index (χ0) is 43.3. The van der Waals surface area contributed by atoms with Gasteiger partial charge in [-0.3, -0.25) is 0 Å². The molecule has 12 aromatic rings. The molecule has 0 fully saturated rings. The Labute approximate surface area is 383 Å².